The van der Waals surface area contributed by atoms with Crippen LogP contribution in [0.15, 0.2) is 83.8 Å². The van der Waals surface area contributed by atoms with Crippen molar-refractivity contribution in [3.63, 3.8) is 0 Å². The molecule has 0 bridgehead atoms. The Labute approximate surface area is 211 Å². The molecule has 0 saturated heterocycles. The molecule has 0 radical (unpaired) electrons. The van der Waals surface area contributed by atoms with Gasteiger partial charge in [-0.3, -0.25) is 4.79 Å². The van der Waals surface area contributed by atoms with Gasteiger partial charge in [0.2, 0.25) is 15.9 Å². The number of fused-ring (bicyclic) bond motifs is 1. The van der Waals surface area contributed by atoms with Gasteiger partial charge in [-0.25, -0.2) is 13.2 Å². The van der Waals surface area contributed by atoms with E-state index in [1.807, 2.05) is 30.3 Å². The van der Waals surface area contributed by atoms with E-state index >= 15 is 0 Å². The van der Waals surface area contributed by atoms with Crippen molar-refractivity contribution in [2.24, 2.45) is 0 Å². The molecule has 0 aliphatic carbocycles. The number of anilines is 1. The molecule has 180 valence electrons. The first-order valence-electron chi connectivity index (χ1n) is 10.5. The molecule has 4 rings (SSSR count). The molecule has 1 atom stereocenters. The molecule has 0 aliphatic rings. The van der Waals surface area contributed by atoms with Crippen LogP contribution in [-0.4, -0.2) is 33.4 Å². The van der Waals surface area contributed by atoms with E-state index < -0.39 is 27.9 Å². The molecular weight excluding hydrogens is 508 g/mol. The lowest BCUT2D eigenvalue weighted by atomic mass is 10.1. The second-order valence-corrected chi connectivity index (χ2v) is 10.9. The standard InChI is InChI=1S/C25H21ClN2O5S2/c1-33-25(30)23-15-17-14-19(9-12-22(17)34-23)27-24(29)21(13-16-5-3-2-4-6-16)28-35(31,32)20-10-7-18(26)8-11-20/h2-12,14-15,21,28H,13H2,1H3,(H,27,29)/t21-/m1/s1. The van der Waals surface area contributed by atoms with Crippen molar-refractivity contribution < 1.29 is 22.7 Å². The average Bonchev–Trinajstić information content (AvgIpc) is 3.27. The predicted molar refractivity (Wildman–Crippen MR) is 138 cm³/mol. The van der Waals surface area contributed by atoms with Gasteiger partial charge in [-0.1, -0.05) is 41.9 Å². The monoisotopic (exact) mass is 528 g/mol. The minimum atomic E-state index is -4.00. The molecule has 0 fully saturated rings. The number of hydrogen-bond acceptors (Lipinski definition) is 6. The summed E-state index contributed by atoms with van der Waals surface area (Å²) < 4.78 is 34.1. The average molecular weight is 529 g/mol. The maximum Gasteiger partial charge on any atom is 0.348 e. The van der Waals surface area contributed by atoms with E-state index in [9.17, 15) is 18.0 Å². The zero-order valence-electron chi connectivity index (χ0n) is 18.5. The highest BCUT2D eigenvalue weighted by Crippen LogP contribution is 2.29. The largest absolute Gasteiger partial charge is 0.465 e. The topological polar surface area (TPSA) is 102 Å². The number of rotatable bonds is 8. The van der Waals surface area contributed by atoms with Gasteiger partial charge in [-0.05, 0) is 65.9 Å². The molecule has 1 heterocycles. The molecule has 3 aromatic carbocycles. The highest BCUT2D eigenvalue weighted by molar-refractivity contribution is 7.89. The molecule has 0 saturated carbocycles. The molecule has 1 aromatic heterocycles. The number of methoxy groups -OCH3 is 1. The first kappa shape index (κ1) is 24.9. The Morgan fingerprint density at radius 2 is 1.71 bits per heavy atom. The van der Waals surface area contributed by atoms with Crippen LogP contribution in [0.2, 0.25) is 5.02 Å². The van der Waals surface area contributed by atoms with Gasteiger partial charge in [0.1, 0.15) is 10.9 Å². The third-order valence-electron chi connectivity index (χ3n) is 5.19. The Balaban J connectivity index is 1.59. The van der Waals surface area contributed by atoms with Crippen LogP contribution in [0.25, 0.3) is 10.1 Å². The summed E-state index contributed by atoms with van der Waals surface area (Å²) in [7, 11) is -2.68. The smallest absolute Gasteiger partial charge is 0.348 e. The molecule has 0 spiro atoms. The maximum atomic E-state index is 13.2. The summed E-state index contributed by atoms with van der Waals surface area (Å²) in [6.07, 6.45) is 0.146. The number of ether oxygens (including phenoxy) is 1. The first-order valence-corrected chi connectivity index (χ1v) is 13.2. The number of sulfonamides is 1. The Kier molecular flexibility index (Phi) is 7.51. The van der Waals surface area contributed by atoms with E-state index in [-0.39, 0.29) is 11.3 Å². The predicted octanol–water partition coefficient (Wildman–Crippen LogP) is 4.87. The fraction of sp³-hybridized carbons (Fsp3) is 0.120. The van der Waals surface area contributed by atoms with Crippen LogP contribution in [0.5, 0.6) is 0 Å². The van der Waals surface area contributed by atoms with Gasteiger partial charge in [-0.15, -0.1) is 11.3 Å². The Morgan fingerprint density at radius 3 is 2.40 bits per heavy atom. The van der Waals surface area contributed by atoms with Crippen LogP contribution in [0.1, 0.15) is 15.2 Å². The number of amides is 1. The number of thiophene rings is 1. The molecule has 10 heteroatoms. The fourth-order valence-corrected chi connectivity index (χ4v) is 5.74. The lowest BCUT2D eigenvalue weighted by Crippen LogP contribution is -2.45. The van der Waals surface area contributed by atoms with E-state index in [0.717, 1.165) is 15.6 Å². The van der Waals surface area contributed by atoms with Crippen molar-refractivity contribution in [3.05, 3.63) is 94.3 Å². The van der Waals surface area contributed by atoms with Gasteiger partial charge in [-0.2, -0.15) is 4.72 Å². The van der Waals surface area contributed by atoms with E-state index in [0.29, 0.717) is 15.6 Å². The van der Waals surface area contributed by atoms with Gasteiger partial charge >= 0.3 is 5.97 Å². The Bertz CT molecular complexity index is 1470. The second kappa shape index (κ2) is 10.6. The Hall–Kier alpha value is -3.24. The summed E-state index contributed by atoms with van der Waals surface area (Å²) in [6, 6.07) is 20.6. The van der Waals surface area contributed by atoms with Crippen molar-refractivity contribution in [2.75, 3.05) is 12.4 Å². The molecular formula is C25H21ClN2O5S2. The normalized spacial score (nSPS) is 12.3. The van der Waals surface area contributed by atoms with Gasteiger partial charge < -0.3 is 10.1 Å². The number of nitrogens with one attached hydrogen (secondary N) is 2. The number of carbonyl (C=O) groups is 2. The Morgan fingerprint density at radius 1 is 1.00 bits per heavy atom. The van der Waals surface area contributed by atoms with Gasteiger partial charge in [0.25, 0.3) is 0 Å². The SMILES string of the molecule is COC(=O)c1cc2cc(NC(=O)[C@@H](Cc3ccccc3)NS(=O)(=O)c3ccc(Cl)cc3)ccc2s1. The van der Waals surface area contributed by atoms with Crippen molar-refractivity contribution >= 4 is 60.6 Å². The van der Waals surface area contributed by atoms with Crippen molar-refractivity contribution in [1.29, 1.82) is 0 Å². The molecule has 2 N–H and O–H groups in total. The number of benzene rings is 3. The molecule has 35 heavy (non-hydrogen) atoms. The molecule has 0 aliphatic heterocycles. The van der Waals surface area contributed by atoms with Crippen molar-refractivity contribution in [3.8, 4) is 0 Å². The van der Waals surface area contributed by atoms with E-state index in [1.165, 1.54) is 42.7 Å². The van der Waals surface area contributed by atoms with E-state index in [1.54, 1.807) is 24.3 Å². The van der Waals surface area contributed by atoms with Crippen LogP contribution in [0, 0.1) is 0 Å². The lowest BCUT2D eigenvalue weighted by molar-refractivity contribution is -0.117. The molecule has 1 amide bonds. The number of esters is 1. The van der Waals surface area contributed by atoms with Gasteiger partial charge in [0.05, 0.1) is 12.0 Å². The van der Waals surface area contributed by atoms with Gasteiger partial charge in [0.15, 0.2) is 0 Å². The quantitative estimate of drug-likeness (QED) is 0.318. The molecule has 0 unspecified atom stereocenters. The summed E-state index contributed by atoms with van der Waals surface area (Å²) in [5.41, 5.74) is 1.27. The highest BCUT2D eigenvalue weighted by atomic mass is 35.5. The zero-order valence-corrected chi connectivity index (χ0v) is 20.9. The van der Waals surface area contributed by atoms with Gasteiger partial charge in [0, 0.05) is 15.4 Å². The number of halogens is 1. The highest BCUT2D eigenvalue weighted by Gasteiger charge is 2.26. The summed E-state index contributed by atoms with van der Waals surface area (Å²) >= 11 is 7.16. The summed E-state index contributed by atoms with van der Waals surface area (Å²) in [5, 5.41) is 3.95. The lowest BCUT2D eigenvalue weighted by Gasteiger charge is -2.19. The van der Waals surface area contributed by atoms with Crippen LogP contribution in [0.4, 0.5) is 5.69 Å². The zero-order chi connectivity index (χ0) is 25.0. The second-order valence-electron chi connectivity index (χ2n) is 7.66. The van der Waals surface area contributed by atoms with E-state index in [2.05, 4.69) is 10.0 Å². The summed E-state index contributed by atoms with van der Waals surface area (Å²) in [6.45, 7) is 0. The maximum absolute atomic E-state index is 13.2. The minimum Gasteiger partial charge on any atom is -0.465 e. The fourth-order valence-electron chi connectivity index (χ4n) is 3.46. The molecule has 4 aromatic rings. The number of hydrogen-bond donors (Lipinski definition) is 2. The number of carbonyl (C=O) groups excluding carboxylic acids is 2. The third-order valence-corrected chi connectivity index (χ3v) is 8.03. The van der Waals surface area contributed by atoms with Crippen LogP contribution >= 0.6 is 22.9 Å². The van der Waals surface area contributed by atoms with E-state index in [4.69, 9.17) is 16.3 Å². The summed E-state index contributed by atoms with van der Waals surface area (Å²) in [4.78, 5) is 25.5. The molecule has 7 nitrogen and oxygen atoms in total. The first-order chi connectivity index (χ1) is 16.7. The van der Waals surface area contributed by atoms with Crippen molar-refractivity contribution in [2.45, 2.75) is 17.4 Å². The minimum absolute atomic E-state index is 0.00259. The van der Waals surface area contributed by atoms with Crippen LogP contribution in [-0.2, 0) is 26.0 Å². The summed E-state index contributed by atoms with van der Waals surface area (Å²) in [5.74, 6) is -0.953. The van der Waals surface area contributed by atoms with Crippen molar-refractivity contribution in [1.82, 2.24) is 4.72 Å². The van der Waals surface area contributed by atoms with Crippen LogP contribution < -0.4 is 10.0 Å². The van der Waals surface area contributed by atoms with Crippen LogP contribution in [0.3, 0.4) is 0 Å². The third kappa shape index (κ3) is 6.07.